The third-order valence-electron chi connectivity index (χ3n) is 3.63. The van der Waals surface area contributed by atoms with Crippen molar-refractivity contribution in [1.82, 2.24) is 5.32 Å². The van der Waals surface area contributed by atoms with Crippen LogP contribution in [0.1, 0.15) is 25.3 Å². The fraction of sp³-hybridized carbons (Fsp3) is 0.429. The molecule has 1 saturated carbocycles. The Morgan fingerprint density at radius 3 is 2.60 bits per heavy atom. The second-order valence-electron chi connectivity index (χ2n) is 4.95. The van der Waals surface area contributed by atoms with E-state index in [1.54, 1.807) is 18.2 Å². The van der Waals surface area contributed by atoms with Gasteiger partial charge in [-0.2, -0.15) is 0 Å². The number of carboxylic acid groups (broad SMARTS) is 1. The maximum Gasteiger partial charge on any atom is 0.307 e. The lowest BCUT2D eigenvalue weighted by molar-refractivity contribution is -0.140. The number of carboxylic acids is 1. The number of aliphatic carboxylic acids is 1. The second kappa shape index (κ2) is 5.62. The van der Waals surface area contributed by atoms with Crippen molar-refractivity contribution in [3.8, 4) is 0 Å². The van der Waals surface area contributed by atoms with E-state index >= 15 is 0 Å². The monoisotopic (exact) mass is 315 g/mol. The number of carbonyl (C=O) groups excluding carboxylic acids is 1. The third kappa shape index (κ3) is 2.50. The van der Waals surface area contributed by atoms with Gasteiger partial charge in [0.1, 0.15) is 0 Å². The lowest BCUT2D eigenvalue weighted by Gasteiger charge is -2.17. The second-order valence-corrected chi connectivity index (χ2v) is 5.77. The molecule has 2 N–H and O–H groups in total. The van der Waals surface area contributed by atoms with E-state index in [9.17, 15) is 14.7 Å². The molecule has 108 valence electrons. The molecular formula is C14H15Cl2NO3. The van der Waals surface area contributed by atoms with Crippen LogP contribution in [0.3, 0.4) is 0 Å². The van der Waals surface area contributed by atoms with E-state index in [0.717, 1.165) is 6.42 Å². The summed E-state index contributed by atoms with van der Waals surface area (Å²) in [6.07, 6.45) is 1.08. The van der Waals surface area contributed by atoms with E-state index in [2.05, 4.69) is 5.32 Å². The van der Waals surface area contributed by atoms with Gasteiger partial charge < -0.3 is 10.4 Å². The van der Waals surface area contributed by atoms with E-state index in [4.69, 9.17) is 23.2 Å². The highest BCUT2D eigenvalue weighted by Crippen LogP contribution is 2.55. The van der Waals surface area contributed by atoms with E-state index < -0.39 is 17.3 Å². The Kier molecular flexibility index (Phi) is 4.25. The van der Waals surface area contributed by atoms with Crippen LogP contribution in [0.5, 0.6) is 0 Å². The molecule has 1 fully saturated rings. The number of hydrogen-bond acceptors (Lipinski definition) is 2. The lowest BCUT2D eigenvalue weighted by Crippen LogP contribution is -2.37. The van der Waals surface area contributed by atoms with Gasteiger partial charge in [0.2, 0.25) is 5.91 Å². The van der Waals surface area contributed by atoms with Crippen molar-refractivity contribution in [2.75, 3.05) is 6.54 Å². The van der Waals surface area contributed by atoms with E-state index in [1.807, 2.05) is 6.92 Å². The van der Waals surface area contributed by atoms with Crippen molar-refractivity contribution in [3.05, 3.63) is 33.8 Å². The number of nitrogens with one attached hydrogen (secondary N) is 1. The normalized spacial score (nSPS) is 24.2. The minimum Gasteiger partial charge on any atom is -0.481 e. The predicted octanol–water partition coefficient (Wildman–Crippen LogP) is 2.86. The first-order valence-corrected chi connectivity index (χ1v) is 7.15. The molecule has 2 rings (SSSR count). The summed E-state index contributed by atoms with van der Waals surface area (Å²) in [5.41, 5.74) is -0.414. The van der Waals surface area contributed by atoms with Gasteiger partial charge in [-0.05, 0) is 30.5 Å². The molecule has 4 nitrogen and oxygen atoms in total. The van der Waals surface area contributed by atoms with Crippen LogP contribution in [-0.2, 0) is 15.0 Å². The fourth-order valence-corrected chi connectivity index (χ4v) is 2.73. The number of amides is 1. The molecule has 0 aromatic heterocycles. The number of halogens is 2. The standard InChI is InChI=1S/C14H15Cl2NO3/c1-2-5-17-13(20)14(7-9(14)12(18)19)8-3-4-10(15)11(16)6-8/h3-4,6,9H,2,5,7H2,1H3,(H,17,20)(H,18,19). The molecule has 1 aromatic rings. The van der Waals surface area contributed by atoms with Gasteiger partial charge in [0.15, 0.2) is 0 Å². The van der Waals surface area contributed by atoms with Crippen LogP contribution in [-0.4, -0.2) is 23.5 Å². The summed E-state index contributed by atoms with van der Waals surface area (Å²) in [7, 11) is 0. The molecule has 1 aliphatic rings. The van der Waals surface area contributed by atoms with Crippen molar-refractivity contribution in [2.24, 2.45) is 5.92 Å². The average molecular weight is 316 g/mol. The number of benzene rings is 1. The first-order chi connectivity index (χ1) is 9.43. The lowest BCUT2D eigenvalue weighted by atomic mass is 9.92. The van der Waals surface area contributed by atoms with E-state index in [-0.39, 0.29) is 12.3 Å². The van der Waals surface area contributed by atoms with Gasteiger partial charge in [0.25, 0.3) is 0 Å². The van der Waals surface area contributed by atoms with Crippen LogP contribution in [0.25, 0.3) is 0 Å². The van der Waals surface area contributed by atoms with Gasteiger partial charge in [-0.15, -0.1) is 0 Å². The van der Waals surface area contributed by atoms with Gasteiger partial charge in [-0.1, -0.05) is 36.2 Å². The van der Waals surface area contributed by atoms with Crippen molar-refractivity contribution >= 4 is 35.1 Å². The smallest absolute Gasteiger partial charge is 0.307 e. The fourth-order valence-electron chi connectivity index (χ4n) is 2.43. The maximum absolute atomic E-state index is 12.3. The summed E-state index contributed by atoms with van der Waals surface area (Å²) >= 11 is 11.8. The Labute approximate surface area is 127 Å². The zero-order chi connectivity index (χ0) is 14.9. The summed E-state index contributed by atoms with van der Waals surface area (Å²) < 4.78 is 0. The molecule has 1 aliphatic carbocycles. The van der Waals surface area contributed by atoms with Crippen LogP contribution in [0.4, 0.5) is 0 Å². The van der Waals surface area contributed by atoms with Crippen molar-refractivity contribution in [2.45, 2.75) is 25.2 Å². The van der Waals surface area contributed by atoms with Crippen molar-refractivity contribution in [1.29, 1.82) is 0 Å². The third-order valence-corrected chi connectivity index (χ3v) is 4.37. The van der Waals surface area contributed by atoms with E-state index in [1.165, 1.54) is 0 Å². The minimum atomic E-state index is -1.02. The molecule has 1 aromatic carbocycles. The van der Waals surface area contributed by atoms with Crippen LogP contribution in [0.2, 0.25) is 10.0 Å². The van der Waals surface area contributed by atoms with Crippen LogP contribution >= 0.6 is 23.2 Å². The first kappa shape index (κ1) is 15.1. The average Bonchev–Trinajstić information content (AvgIpc) is 3.16. The molecule has 0 aliphatic heterocycles. The molecule has 20 heavy (non-hydrogen) atoms. The Balaban J connectivity index is 2.36. The predicted molar refractivity (Wildman–Crippen MR) is 77.2 cm³/mol. The van der Waals surface area contributed by atoms with Crippen LogP contribution in [0.15, 0.2) is 18.2 Å². The first-order valence-electron chi connectivity index (χ1n) is 6.40. The Bertz CT molecular complexity index is 561. The van der Waals surface area contributed by atoms with Gasteiger partial charge in [0.05, 0.1) is 21.4 Å². The molecule has 0 saturated heterocycles. The highest BCUT2D eigenvalue weighted by atomic mass is 35.5. The van der Waals surface area contributed by atoms with Crippen LogP contribution < -0.4 is 5.32 Å². The largest absolute Gasteiger partial charge is 0.481 e. The summed E-state index contributed by atoms with van der Waals surface area (Å²) in [5.74, 6) is -1.94. The molecule has 0 radical (unpaired) electrons. The molecule has 6 heteroatoms. The van der Waals surface area contributed by atoms with Gasteiger partial charge in [0, 0.05) is 6.54 Å². The number of hydrogen-bond donors (Lipinski definition) is 2. The molecule has 2 atom stereocenters. The number of carbonyl (C=O) groups is 2. The summed E-state index contributed by atoms with van der Waals surface area (Å²) in [6, 6.07) is 4.84. The minimum absolute atomic E-state index is 0.259. The molecular weight excluding hydrogens is 301 g/mol. The van der Waals surface area contributed by atoms with Gasteiger partial charge in [-0.3, -0.25) is 9.59 Å². The summed E-state index contributed by atoms with van der Waals surface area (Å²) in [5, 5.41) is 12.7. The van der Waals surface area contributed by atoms with E-state index in [0.29, 0.717) is 22.2 Å². The molecule has 0 spiro atoms. The van der Waals surface area contributed by atoms with Crippen molar-refractivity contribution < 1.29 is 14.7 Å². The molecule has 1 amide bonds. The van der Waals surface area contributed by atoms with Gasteiger partial charge in [-0.25, -0.2) is 0 Å². The molecule has 0 heterocycles. The Morgan fingerprint density at radius 2 is 2.10 bits per heavy atom. The SMILES string of the molecule is CCCNC(=O)C1(c2ccc(Cl)c(Cl)c2)CC1C(=O)O. The molecule has 2 unspecified atom stereocenters. The van der Waals surface area contributed by atoms with Crippen LogP contribution in [0, 0.1) is 5.92 Å². The number of rotatable bonds is 5. The molecule has 0 bridgehead atoms. The maximum atomic E-state index is 12.3. The Morgan fingerprint density at radius 1 is 1.40 bits per heavy atom. The van der Waals surface area contributed by atoms with Gasteiger partial charge >= 0.3 is 5.97 Å². The zero-order valence-corrected chi connectivity index (χ0v) is 12.5. The summed E-state index contributed by atoms with van der Waals surface area (Å²) in [4.78, 5) is 23.6. The Hall–Kier alpha value is -1.26. The topological polar surface area (TPSA) is 66.4 Å². The highest BCUT2D eigenvalue weighted by Gasteiger charge is 2.64. The zero-order valence-electron chi connectivity index (χ0n) is 11.0. The van der Waals surface area contributed by atoms with Crippen molar-refractivity contribution in [3.63, 3.8) is 0 Å². The highest BCUT2D eigenvalue weighted by molar-refractivity contribution is 6.42. The quantitative estimate of drug-likeness (QED) is 0.878. The summed E-state index contributed by atoms with van der Waals surface area (Å²) in [6.45, 7) is 2.46.